The highest BCUT2D eigenvalue weighted by Crippen LogP contribution is 2.32. The smallest absolute Gasteiger partial charge is 0.342 e. The molecule has 4 rings (SSSR count). The second kappa shape index (κ2) is 10.4. The van der Waals surface area contributed by atoms with Gasteiger partial charge in [0.2, 0.25) is 0 Å². The van der Waals surface area contributed by atoms with Crippen molar-refractivity contribution < 1.29 is 31.1 Å². The molecule has 0 bridgehead atoms. The zero-order valence-electron chi connectivity index (χ0n) is 18.5. The summed E-state index contributed by atoms with van der Waals surface area (Å²) in [6.45, 7) is 1.53. The van der Waals surface area contributed by atoms with Crippen molar-refractivity contribution in [2.45, 2.75) is 25.3 Å². The maximum absolute atomic E-state index is 13.1. The predicted molar refractivity (Wildman–Crippen MR) is 124 cm³/mol. The zero-order chi connectivity index (χ0) is 26.3. The molecule has 0 radical (unpaired) electrons. The molecule has 196 valence electrons. The van der Waals surface area contributed by atoms with Crippen LogP contribution >= 0.6 is 25.1 Å². The standard InChI is InChI=1S/C21H14ClF6N7O.H2S/c1-11(32-19(36)12-6-13(20(23,24)25)8-14(22)7-12)18-30-10-31-35(18)17-3-2-15(9-29-17)34-5-4-16(33-34)21(26,27)28;/h2-11H,1H3,(H,32,36);1H2/t11-;/m0./s1. The Morgan fingerprint density at radius 3 is 2.35 bits per heavy atom. The summed E-state index contributed by atoms with van der Waals surface area (Å²) in [5.74, 6) is -0.412. The average molecular weight is 564 g/mol. The molecule has 3 aromatic heterocycles. The Morgan fingerprint density at radius 2 is 1.76 bits per heavy atom. The van der Waals surface area contributed by atoms with Crippen LogP contribution < -0.4 is 5.32 Å². The van der Waals surface area contributed by atoms with Gasteiger partial charge in [0.25, 0.3) is 5.91 Å². The number of nitrogens with zero attached hydrogens (tertiary/aromatic N) is 6. The quantitative estimate of drug-likeness (QED) is 0.340. The minimum Gasteiger partial charge on any atom is -0.342 e. The molecular weight excluding hydrogens is 548 g/mol. The molecule has 3 heterocycles. The van der Waals surface area contributed by atoms with Crippen molar-refractivity contribution in [1.29, 1.82) is 0 Å². The first-order valence-corrected chi connectivity index (χ1v) is 10.4. The molecule has 0 saturated carbocycles. The van der Waals surface area contributed by atoms with Crippen molar-refractivity contribution in [3.63, 3.8) is 0 Å². The molecule has 0 saturated heterocycles. The zero-order valence-corrected chi connectivity index (χ0v) is 20.3. The van der Waals surface area contributed by atoms with Crippen LogP contribution in [0.3, 0.4) is 0 Å². The number of pyridine rings is 1. The highest BCUT2D eigenvalue weighted by molar-refractivity contribution is 7.59. The first kappa shape index (κ1) is 28.0. The molecule has 16 heteroatoms. The molecule has 1 N–H and O–H groups in total. The lowest BCUT2D eigenvalue weighted by atomic mass is 10.1. The van der Waals surface area contributed by atoms with E-state index in [1.54, 1.807) is 0 Å². The summed E-state index contributed by atoms with van der Waals surface area (Å²) in [4.78, 5) is 20.8. The van der Waals surface area contributed by atoms with Crippen molar-refractivity contribution in [3.8, 4) is 11.5 Å². The van der Waals surface area contributed by atoms with Crippen LogP contribution in [0.1, 0.15) is 40.4 Å². The van der Waals surface area contributed by atoms with Crippen LogP contribution in [0.5, 0.6) is 0 Å². The van der Waals surface area contributed by atoms with Gasteiger partial charge in [-0.1, -0.05) is 11.6 Å². The number of amides is 1. The van der Waals surface area contributed by atoms with Crippen LogP contribution in [0, 0.1) is 0 Å². The summed E-state index contributed by atoms with van der Waals surface area (Å²) in [7, 11) is 0. The third-order valence-corrected chi connectivity index (χ3v) is 5.11. The summed E-state index contributed by atoms with van der Waals surface area (Å²) in [6, 6.07) is 5.39. The number of nitrogens with one attached hydrogen (secondary N) is 1. The Bertz CT molecular complexity index is 1400. The van der Waals surface area contributed by atoms with Crippen molar-refractivity contribution in [3.05, 3.63) is 82.8 Å². The Labute approximate surface area is 216 Å². The van der Waals surface area contributed by atoms with Gasteiger partial charge in [-0.15, -0.1) is 0 Å². The highest BCUT2D eigenvalue weighted by atomic mass is 35.5. The van der Waals surface area contributed by atoms with Gasteiger partial charge < -0.3 is 5.32 Å². The van der Waals surface area contributed by atoms with Crippen molar-refractivity contribution in [2.24, 2.45) is 0 Å². The van der Waals surface area contributed by atoms with E-state index in [0.717, 1.165) is 23.0 Å². The molecule has 0 fully saturated rings. The van der Waals surface area contributed by atoms with Crippen LogP contribution in [0.4, 0.5) is 26.3 Å². The molecule has 1 aromatic carbocycles. The fourth-order valence-electron chi connectivity index (χ4n) is 3.21. The van der Waals surface area contributed by atoms with Crippen LogP contribution in [0.25, 0.3) is 11.5 Å². The molecule has 0 aliphatic heterocycles. The minimum absolute atomic E-state index is 0. The molecular formula is C21H16ClF6N7OS. The number of hydrogen-bond donors (Lipinski definition) is 1. The number of aromatic nitrogens is 6. The maximum Gasteiger partial charge on any atom is 0.435 e. The summed E-state index contributed by atoms with van der Waals surface area (Å²) in [5.41, 5.74) is -2.18. The number of rotatable bonds is 5. The van der Waals surface area contributed by atoms with Crippen LogP contribution in [0.15, 0.2) is 55.1 Å². The fraction of sp³-hybridized carbons (Fsp3) is 0.190. The lowest BCUT2D eigenvalue weighted by molar-refractivity contribution is -0.141. The van der Waals surface area contributed by atoms with Gasteiger partial charge >= 0.3 is 12.4 Å². The third kappa shape index (κ3) is 6.22. The van der Waals surface area contributed by atoms with E-state index < -0.39 is 35.6 Å². The lowest BCUT2D eigenvalue weighted by Crippen LogP contribution is -2.29. The number of halogens is 7. The third-order valence-electron chi connectivity index (χ3n) is 4.89. The molecule has 0 spiro atoms. The molecule has 0 unspecified atom stereocenters. The first-order chi connectivity index (χ1) is 16.8. The van der Waals surface area contributed by atoms with Crippen LogP contribution in [-0.4, -0.2) is 35.4 Å². The maximum atomic E-state index is 13.1. The molecule has 1 atom stereocenters. The predicted octanol–water partition coefficient (Wildman–Crippen LogP) is 5.14. The van der Waals surface area contributed by atoms with Crippen molar-refractivity contribution in [1.82, 2.24) is 34.8 Å². The molecule has 1 amide bonds. The van der Waals surface area contributed by atoms with Gasteiger partial charge in [-0.3, -0.25) is 4.79 Å². The van der Waals surface area contributed by atoms with Crippen LogP contribution in [0.2, 0.25) is 5.02 Å². The van der Waals surface area contributed by atoms with Gasteiger partial charge in [0, 0.05) is 16.8 Å². The normalized spacial score (nSPS) is 12.6. The number of benzene rings is 1. The summed E-state index contributed by atoms with van der Waals surface area (Å²) in [6.07, 6.45) is -5.69. The lowest BCUT2D eigenvalue weighted by Gasteiger charge is -2.15. The fourth-order valence-corrected chi connectivity index (χ4v) is 3.44. The van der Waals surface area contributed by atoms with E-state index in [1.165, 1.54) is 36.3 Å². The molecule has 37 heavy (non-hydrogen) atoms. The van der Waals surface area contributed by atoms with Gasteiger partial charge in [-0.25, -0.2) is 14.6 Å². The van der Waals surface area contributed by atoms with Gasteiger partial charge in [0.15, 0.2) is 17.3 Å². The second-order valence-electron chi connectivity index (χ2n) is 7.47. The van der Waals surface area contributed by atoms with Crippen LogP contribution in [-0.2, 0) is 12.4 Å². The minimum atomic E-state index is -4.69. The number of alkyl halides is 6. The van der Waals surface area contributed by atoms with E-state index in [4.69, 9.17) is 11.6 Å². The van der Waals surface area contributed by atoms with E-state index in [9.17, 15) is 31.1 Å². The van der Waals surface area contributed by atoms with E-state index >= 15 is 0 Å². The van der Waals surface area contributed by atoms with E-state index in [1.807, 2.05) is 0 Å². The summed E-state index contributed by atoms with van der Waals surface area (Å²) < 4.78 is 79.8. The number of hydrogen-bond acceptors (Lipinski definition) is 5. The molecule has 8 nitrogen and oxygen atoms in total. The van der Waals surface area contributed by atoms with E-state index in [2.05, 4.69) is 25.5 Å². The molecule has 0 aliphatic rings. The second-order valence-corrected chi connectivity index (χ2v) is 7.91. The van der Waals surface area contributed by atoms with E-state index in [0.29, 0.717) is 12.1 Å². The highest BCUT2D eigenvalue weighted by Gasteiger charge is 2.34. The van der Waals surface area contributed by atoms with Gasteiger partial charge in [-0.05, 0) is 43.3 Å². The Hall–Kier alpha value is -3.59. The largest absolute Gasteiger partial charge is 0.435 e. The average Bonchev–Trinajstić information content (AvgIpc) is 3.48. The van der Waals surface area contributed by atoms with E-state index in [-0.39, 0.29) is 41.4 Å². The first-order valence-electron chi connectivity index (χ1n) is 10.0. The topological polar surface area (TPSA) is 90.5 Å². The summed E-state index contributed by atoms with van der Waals surface area (Å²) >= 11 is 5.75. The Kier molecular flexibility index (Phi) is 7.88. The van der Waals surface area contributed by atoms with Gasteiger partial charge in [-0.2, -0.15) is 54.7 Å². The molecule has 0 aliphatic carbocycles. The number of carbonyl (C=O) groups excluding carboxylic acids is 1. The van der Waals surface area contributed by atoms with Gasteiger partial charge in [0.1, 0.15) is 6.33 Å². The molecule has 4 aromatic rings. The van der Waals surface area contributed by atoms with Crippen molar-refractivity contribution >= 4 is 31.0 Å². The monoisotopic (exact) mass is 563 g/mol. The SMILES string of the molecule is C[C@H](NC(=O)c1cc(Cl)cc(C(F)(F)F)c1)c1ncnn1-c1ccc(-n2ccc(C(F)(F)F)n2)cn1.S. The Balaban J connectivity index is 0.00000380. The number of carbonyl (C=O) groups is 1. The Morgan fingerprint density at radius 1 is 1.03 bits per heavy atom. The van der Waals surface area contributed by atoms with Gasteiger partial charge in [0.05, 0.1) is 23.5 Å². The van der Waals surface area contributed by atoms with Crippen molar-refractivity contribution in [2.75, 3.05) is 0 Å². The summed E-state index contributed by atoms with van der Waals surface area (Å²) in [5, 5.41) is 9.78.